The van der Waals surface area contributed by atoms with Gasteiger partial charge in [-0.2, -0.15) is 0 Å². The van der Waals surface area contributed by atoms with E-state index in [9.17, 15) is 4.79 Å². The Balaban J connectivity index is 2.61. The average molecular weight is 212 g/mol. The first-order valence-electron chi connectivity index (χ1n) is 4.99. The van der Waals surface area contributed by atoms with Crippen LogP contribution in [0.25, 0.3) is 16.3 Å². The van der Waals surface area contributed by atoms with Crippen LogP contribution in [0.15, 0.2) is 49.0 Å². The molecule has 0 spiro atoms. The number of hydrogen-bond donors (Lipinski definition) is 0. The van der Waals surface area contributed by atoms with E-state index in [1.807, 2.05) is 42.5 Å². The van der Waals surface area contributed by atoms with E-state index < -0.39 is 5.97 Å². The number of rotatable bonds is 2. The van der Waals surface area contributed by atoms with Crippen LogP contribution in [0.4, 0.5) is 0 Å². The topological polar surface area (TPSA) is 26.3 Å². The van der Waals surface area contributed by atoms with Crippen molar-refractivity contribution in [2.24, 2.45) is 0 Å². The molecule has 0 saturated carbocycles. The van der Waals surface area contributed by atoms with Gasteiger partial charge in [0.05, 0.1) is 12.7 Å². The Bertz CT molecular complexity index is 550. The van der Waals surface area contributed by atoms with Crippen molar-refractivity contribution in [2.45, 2.75) is 0 Å². The molecule has 2 aromatic carbocycles. The van der Waals surface area contributed by atoms with E-state index in [-0.39, 0.29) is 0 Å². The van der Waals surface area contributed by atoms with Gasteiger partial charge in [-0.05, 0) is 16.3 Å². The van der Waals surface area contributed by atoms with E-state index in [1.54, 1.807) is 0 Å². The molecule has 0 bridgehead atoms. The van der Waals surface area contributed by atoms with Crippen LogP contribution in [0, 0.1) is 0 Å². The molecule has 0 radical (unpaired) electrons. The van der Waals surface area contributed by atoms with Gasteiger partial charge in [0.25, 0.3) is 0 Å². The molecule has 2 aromatic rings. The standard InChI is InChI=1S/C14H12O2/c1-10(14(15)16-2)12-9-5-7-11-6-3-4-8-13(11)12/h3-9H,1H2,2H3. The zero-order valence-corrected chi connectivity index (χ0v) is 9.07. The zero-order valence-electron chi connectivity index (χ0n) is 9.07. The molecule has 2 nitrogen and oxygen atoms in total. The summed E-state index contributed by atoms with van der Waals surface area (Å²) in [5.41, 5.74) is 1.21. The van der Waals surface area contributed by atoms with Crippen LogP contribution in [0.3, 0.4) is 0 Å². The number of carbonyl (C=O) groups is 1. The molecule has 0 aromatic heterocycles. The summed E-state index contributed by atoms with van der Waals surface area (Å²) in [6, 6.07) is 13.7. The van der Waals surface area contributed by atoms with Crippen molar-refractivity contribution < 1.29 is 9.53 Å². The molecule has 0 unspecified atom stereocenters. The number of carbonyl (C=O) groups excluding carboxylic acids is 1. The molecule has 0 saturated heterocycles. The van der Waals surface area contributed by atoms with Crippen LogP contribution in [-0.4, -0.2) is 13.1 Å². The molecule has 80 valence electrons. The molecule has 0 aliphatic rings. The molecule has 0 amide bonds. The maximum absolute atomic E-state index is 11.4. The third-order valence-electron chi connectivity index (χ3n) is 2.55. The fourth-order valence-electron chi connectivity index (χ4n) is 1.72. The first-order valence-corrected chi connectivity index (χ1v) is 4.99. The summed E-state index contributed by atoms with van der Waals surface area (Å²) in [5, 5.41) is 2.10. The van der Waals surface area contributed by atoms with Gasteiger partial charge in [-0.15, -0.1) is 0 Å². The minimum atomic E-state index is -0.392. The highest BCUT2D eigenvalue weighted by molar-refractivity contribution is 6.19. The quantitative estimate of drug-likeness (QED) is 0.565. The SMILES string of the molecule is C=C(C(=O)OC)c1cccc2ccccc12. The van der Waals surface area contributed by atoms with E-state index in [0.717, 1.165) is 16.3 Å². The molecule has 0 aliphatic heterocycles. The lowest BCUT2D eigenvalue weighted by atomic mass is 9.99. The van der Waals surface area contributed by atoms with Crippen LogP contribution >= 0.6 is 0 Å². The predicted octanol–water partition coefficient (Wildman–Crippen LogP) is 3.03. The van der Waals surface area contributed by atoms with Gasteiger partial charge in [0.2, 0.25) is 0 Å². The van der Waals surface area contributed by atoms with Gasteiger partial charge in [-0.25, -0.2) is 4.79 Å². The van der Waals surface area contributed by atoms with Crippen molar-refractivity contribution in [3.8, 4) is 0 Å². The molecule has 2 heteroatoms. The van der Waals surface area contributed by atoms with Gasteiger partial charge in [-0.1, -0.05) is 49.0 Å². The fourth-order valence-corrected chi connectivity index (χ4v) is 1.72. The highest BCUT2D eigenvalue weighted by atomic mass is 16.5. The minimum absolute atomic E-state index is 0.388. The normalized spacial score (nSPS) is 10.1. The zero-order chi connectivity index (χ0) is 11.5. The van der Waals surface area contributed by atoms with Gasteiger partial charge in [0.1, 0.15) is 0 Å². The molecule has 0 fully saturated rings. The van der Waals surface area contributed by atoms with Crippen LogP contribution in [-0.2, 0) is 9.53 Å². The van der Waals surface area contributed by atoms with Gasteiger partial charge in [-0.3, -0.25) is 0 Å². The maximum Gasteiger partial charge on any atom is 0.337 e. The Morgan fingerprint density at radius 2 is 1.81 bits per heavy atom. The first kappa shape index (κ1) is 10.4. The summed E-state index contributed by atoms with van der Waals surface area (Å²) in [7, 11) is 1.36. The van der Waals surface area contributed by atoms with Crippen molar-refractivity contribution >= 4 is 22.3 Å². The van der Waals surface area contributed by atoms with Gasteiger partial charge in [0.15, 0.2) is 0 Å². The monoisotopic (exact) mass is 212 g/mol. The lowest BCUT2D eigenvalue weighted by Gasteiger charge is -2.07. The smallest absolute Gasteiger partial charge is 0.337 e. The van der Waals surface area contributed by atoms with E-state index in [0.29, 0.717) is 5.57 Å². The average Bonchev–Trinajstić information content (AvgIpc) is 2.36. The lowest BCUT2D eigenvalue weighted by Crippen LogP contribution is -2.02. The second-order valence-electron chi connectivity index (χ2n) is 3.50. The number of hydrogen-bond acceptors (Lipinski definition) is 2. The number of benzene rings is 2. The summed E-state index contributed by atoms with van der Waals surface area (Å²) in [6.45, 7) is 3.77. The first-order chi connectivity index (χ1) is 7.74. The highest BCUT2D eigenvalue weighted by Crippen LogP contribution is 2.24. The second kappa shape index (κ2) is 4.19. The molecule has 0 heterocycles. The summed E-state index contributed by atoms with van der Waals surface area (Å²) in [5.74, 6) is -0.392. The Hall–Kier alpha value is -2.09. The van der Waals surface area contributed by atoms with Crippen LogP contribution in [0.2, 0.25) is 0 Å². The maximum atomic E-state index is 11.4. The summed E-state index contributed by atoms with van der Waals surface area (Å²) < 4.78 is 4.68. The Morgan fingerprint density at radius 1 is 1.12 bits per heavy atom. The van der Waals surface area contributed by atoms with Crippen molar-refractivity contribution in [3.63, 3.8) is 0 Å². The highest BCUT2D eigenvalue weighted by Gasteiger charge is 2.11. The summed E-state index contributed by atoms with van der Waals surface area (Å²) in [6.07, 6.45) is 0. The van der Waals surface area contributed by atoms with Crippen molar-refractivity contribution in [2.75, 3.05) is 7.11 Å². The number of fused-ring (bicyclic) bond motifs is 1. The van der Waals surface area contributed by atoms with Crippen molar-refractivity contribution in [1.82, 2.24) is 0 Å². The molecule has 0 atom stereocenters. The van der Waals surface area contributed by atoms with E-state index in [4.69, 9.17) is 0 Å². The number of esters is 1. The van der Waals surface area contributed by atoms with Crippen molar-refractivity contribution in [1.29, 1.82) is 0 Å². The van der Waals surface area contributed by atoms with E-state index >= 15 is 0 Å². The Kier molecular flexibility index (Phi) is 2.73. The number of ether oxygens (including phenoxy) is 1. The molecule has 2 rings (SSSR count). The Labute approximate surface area is 94.2 Å². The van der Waals surface area contributed by atoms with Crippen LogP contribution < -0.4 is 0 Å². The lowest BCUT2D eigenvalue weighted by molar-refractivity contribution is -0.133. The summed E-state index contributed by atoms with van der Waals surface area (Å²) in [4.78, 5) is 11.4. The van der Waals surface area contributed by atoms with Gasteiger partial charge < -0.3 is 4.74 Å². The van der Waals surface area contributed by atoms with Crippen molar-refractivity contribution in [3.05, 3.63) is 54.6 Å². The number of methoxy groups -OCH3 is 1. The fraction of sp³-hybridized carbons (Fsp3) is 0.0714. The largest absolute Gasteiger partial charge is 0.465 e. The van der Waals surface area contributed by atoms with E-state index in [2.05, 4.69) is 11.3 Å². The predicted molar refractivity (Wildman–Crippen MR) is 65.0 cm³/mol. The second-order valence-corrected chi connectivity index (χ2v) is 3.50. The molecule has 0 aliphatic carbocycles. The van der Waals surface area contributed by atoms with Crippen LogP contribution in [0.1, 0.15) is 5.56 Å². The minimum Gasteiger partial charge on any atom is -0.465 e. The van der Waals surface area contributed by atoms with E-state index in [1.165, 1.54) is 7.11 Å². The molecule has 0 N–H and O–H groups in total. The molecule has 16 heavy (non-hydrogen) atoms. The third kappa shape index (κ3) is 1.70. The van der Waals surface area contributed by atoms with Gasteiger partial charge in [0, 0.05) is 0 Å². The van der Waals surface area contributed by atoms with Gasteiger partial charge >= 0.3 is 5.97 Å². The third-order valence-corrected chi connectivity index (χ3v) is 2.55. The molecular formula is C14H12O2. The molecular weight excluding hydrogens is 200 g/mol. The summed E-state index contributed by atoms with van der Waals surface area (Å²) >= 11 is 0. The Morgan fingerprint density at radius 3 is 2.56 bits per heavy atom. The van der Waals surface area contributed by atoms with Crippen LogP contribution in [0.5, 0.6) is 0 Å².